The molecule has 0 aromatic heterocycles. The third kappa shape index (κ3) is 2.78. The van der Waals surface area contributed by atoms with Crippen LogP contribution in [-0.4, -0.2) is 22.4 Å². The Kier molecular flexibility index (Phi) is 4.87. The molecule has 0 aromatic carbocycles. The highest BCUT2D eigenvalue weighted by atomic mass is 16.3. The van der Waals surface area contributed by atoms with Crippen LogP contribution in [0.3, 0.4) is 0 Å². The largest absolute Gasteiger partial charge is 0.393 e. The monoisotopic (exact) mass is 442 g/mol. The minimum atomic E-state index is -0.321. The Morgan fingerprint density at radius 1 is 0.812 bits per heavy atom. The third-order valence-electron chi connectivity index (χ3n) is 12.9. The summed E-state index contributed by atoms with van der Waals surface area (Å²) in [6, 6.07) is 0. The van der Waals surface area contributed by atoms with Gasteiger partial charge in [0, 0.05) is 0 Å². The van der Waals surface area contributed by atoms with Crippen LogP contribution in [0.25, 0.3) is 0 Å². The van der Waals surface area contributed by atoms with Crippen molar-refractivity contribution in [2.45, 2.75) is 125 Å². The fourth-order valence-electron chi connectivity index (χ4n) is 10.7. The third-order valence-corrected chi connectivity index (χ3v) is 12.9. The number of hydrogen-bond donors (Lipinski definition) is 2. The number of allylic oxidation sites excluding steroid dienone is 2. The highest BCUT2D eigenvalue weighted by molar-refractivity contribution is 5.34. The molecule has 4 fully saturated rings. The number of hydrogen-bond acceptors (Lipinski definition) is 2. The van der Waals surface area contributed by atoms with Crippen LogP contribution in [0.5, 0.6) is 0 Å². The quantitative estimate of drug-likeness (QED) is 0.391. The van der Waals surface area contributed by atoms with E-state index in [9.17, 15) is 10.2 Å². The minimum absolute atomic E-state index is 0.0901. The zero-order valence-electron chi connectivity index (χ0n) is 22.2. The van der Waals surface area contributed by atoms with E-state index < -0.39 is 0 Å². The molecule has 0 saturated heterocycles. The summed E-state index contributed by atoms with van der Waals surface area (Å²) >= 11 is 0. The topological polar surface area (TPSA) is 40.5 Å². The normalized spacial score (nSPS) is 56.2. The molecule has 9 atom stereocenters. The van der Waals surface area contributed by atoms with E-state index in [1.165, 1.54) is 38.5 Å². The van der Waals surface area contributed by atoms with Gasteiger partial charge in [-0.2, -0.15) is 0 Å². The lowest BCUT2D eigenvalue weighted by atomic mass is 9.33. The Hall–Kier alpha value is -0.340. The lowest BCUT2D eigenvalue weighted by Crippen LogP contribution is -2.68. The molecule has 2 N–H and O–H groups in total. The molecule has 0 heterocycles. The molecule has 0 unspecified atom stereocenters. The van der Waals surface area contributed by atoms with Gasteiger partial charge in [0.15, 0.2) is 0 Å². The zero-order chi connectivity index (χ0) is 23.5. The minimum Gasteiger partial charge on any atom is -0.393 e. The second-order valence-corrected chi connectivity index (χ2v) is 15.4. The van der Waals surface area contributed by atoms with Crippen LogP contribution >= 0.6 is 0 Å². The molecule has 182 valence electrons. The Bertz CT molecular complexity index is 825. The van der Waals surface area contributed by atoms with Gasteiger partial charge in [0.25, 0.3) is 0 Å². The molecule has 5 aliphatic carbocycles. The zero-order valence-corrected chi connectivity index (χ0v) is 22.2. The summed E-state index contributed by atoms with van der Waals surface area (Å²) in [4.78, 5) is 0. The molecule has 0 spiro atoms. The van der Waals surface area contributed by atoms with E-state index in [1.54, 1.807) is 5.57 Å². The molecule has 0 amide bonds. The fraction of sp³-hybridized carbons (Fsp3) is 0.933. The molecular weight excluding hydrogens is 392 g/mol. The van der Waals surface area contributed by atoms with Gasteiger partial charge in [0.1, 0.15) is 0 Å². The van der Waals surface area contributed by atoms with E-state index in [2.05, 4.69) is 61.5 Å². The maximum Gasteiger partial charge on any atom is 0.0595 e. The molecule has 2 nitrogen and oxygen atoms in total. The smallest absolute Gasteiger partial charge is 0.0595 e. The van der Waals surface area contributed by atoms with Crippen molar-refractivity contribution in [3.8, 4) is 0 Å². The molecule has 2 heteroatoms. The van der Waals surface area contributed by atoms with Gasteiger partial charge >= 0.3 is 0 Å². The van der Waals surface area contributed by atoms with Crippen LogP contribution in [0.15, 0.2) is 11.6 Å². The molecule has 0 radical (unpaired) electrons. The van der Waals surface area contributed by atoms with Crippen LogP contribution in [0.4, 0.5) is 0 Å². The average molecular weight is 443 g/mol. The lowest BCUT2D eigenvalue weighted by Gasteiger charge is -2.72. The highest BCUT2D eigenvalue weighted by Gasteiger charge is 2.69. The van der Waals surface area contributed by atoms with Gasteiger partial charge in [-0.15, -0.1) is 0 Å². The van der Waals surface area contributed by atoms with E-state index in [1.807, 2.05) is 0 Å². The van der Waals surface area contributed by atoms with Crippen molar-refractivity contribution in [3.63, 3.8) is 0 Å². The van der Waals surface area contributed by atoms with Crippen LogP contribution in [0, 0.1) is 50.2 Å². The van der Waals surface area contributed by atoms with Gasteiger partial charge in [-0.25, -0.2) is 0 Å². The Morgan fingerprint density at radius 2 is 1.47 bits per heavy atom. The molecule has 5 rings (SSSR count). The second-order valence-electron chi connectivity index (χ2n) is 15.4. The van der Waals surface area contributed by atoms with Crippen molar-refractivity contribution >= 4 is 0 Å². The maximum atomic E-state index is 11.8. The van der Waals surface area contributed by atoms with Crippen LogP contribution in [0.2, 0.25) is 0 Å². The van der Waals surface area contributed by atoms with Crippen molar-refractivity contribution in [1.29, 1.82) is 0 Å². The molecule has 0 aromatic rings. The molecule has 0 bridgehead atoms. The predicted molar refractivity (Wildman–Crippen MR) is 132 cm³/mol. The summed E-state index contributed by atoms with van der Waals surface area (Å²) in [6.07, 6.45) is 12.8. The number of aliphatic hydroxyl groups is 2. The summed E-state index contributed by atoms with van der Waals surface area (Å²) in [6.45, 7) is 19.6. The van der Waals surface area contributed by atoms with E-state index in [0.29, 0.717) is 22.7 Å². The van der Waals surface area contributed by atoms with E-state index in [0.717, 1.165) is 19.3 Å². The summed E-state index contributed by atoms with van der Waals surface area (Å²) in [5, 5.41) is 22.7. The Balaban J connectivity index is 1.60. The van der Waals surface area contributed by atoms with Crippen LogP contribution < -0.4 is 0 Å². The number of aliphatic hydroxyl groups excluding tert-OH is 2. The average Bonchev–Trinajstić information content (AvgIpc) is 2.67. The first-order chi connectivity index (χ1) is 14.6. The molecule has 0 aliphatic heterocycles. The van der Waals surface area contributed by atoms with Crippen molar-refractivity contribution in [2.75, 3.05) is 0 Å². The van der Waals surface area contributed by atoms with E-state index in [4.69, 9.17) is 0 Å². The molecule has 5 aliphatic rings. The van der Waals surface area contributed by atoms with Crippen molar-refractivity contribution < 1.29 is 10.2 Å². The Morgan fingerprint density at radius 3 is 2.16 bits per heavy atom. The SMILES string of the molecule is CC1(C)CC[C@@]2(C)CC[C@]3(C)C(=CC[C@H]4[C@]5(C)CC[C@@H](O)C(C)(C)[C@H]5[C@H](O)C[C@]43C)[C@H]2C1. The lowest BCUT2D eigenvalue weighted by molar-refractivity contribution is -0.241. The van der Waals surface area contributed by atoms with Gasteiger partial charge in [-0.05, 0) is 108 Å². The summed E-state index contributed by atoms with van der Waals surface area (Å²) in [5.74, 6) is 1.47. The van der Waals surface area contributed by atoms with Crippen LogP contribution in [-0.2, 0) is 0 Å². The maximum absolute atomic E-state index is 11.8. The standard InChI is InChI=1S/C30H50O2/c1-25(2)13-14-27(5)15-16-29(7)19(20(27)17-25)9-10-22-28(6)12-11-23(32)26(3,4)24(28)21(31)18-30(22,29)8/h9,20-24,31-32H,10-18H2,1-8H3/t20-,21-,22+,23-,24-,27+,28+,29-,30-/m1/s1. The van der Waals surface area contributed by atoms with Crippen molar-refractivity contribution in [2.24, 2.45) is 50.2 Å². The Labute approximate surface area is 197 Å². The predicted octanol–water partition coefficient (Wildman–Crippen LogP) is 7.14. The fourth-order valence-corrected chi connectivity index (χ4v) is 10.7. The molecular formula is C30H50O2. The van der Waals surface area contributed by atoms with Crippen molar-refractivity contribution in [1.82, 2.24) is 0 Å². The highest BCUT2D eigenvalue weighted by Crippen LogP contribution is 2.75. The van der Waals surface area contributed by atoms with Crippen LogP contribution in [0.1, 0.15) is 113 Å². The summed E-state index contributed by atoms with van der Waals surface area (Å²) in [5.41, 5.74) is 2.84. The van der Waals surface area contributed by atoms with E-state index >= 15 is 0 Å². The van der Waals surface area contributed by atoms with E-state index in [-0.39, 0.29) is 39.8 Å². The van der Waals surface area contributed by atoms with Gasteiger partial charge in [0.2, 0.25) is 0 Å². The summed E-state index contributed by atoms with van der Waals surface area (Å²) < 4.78 is 0. The molecule has 32 heavy (non-hydrogen) atoms. The first-order valence-electron chi connectivity index (χ1n) is 13.7. The van der Waals surface area contributed by atoms with Gasteiger partial charge in [-0.3, -0.25) is 0 Å². The number of rotatable bonds is 0. The summed E-state index contributed by atoms with van der Waals surface area (Å²) in [7, 11) is 0. The van der Waals surface area contributed by atoms with Gasteiger partial charge in [0.05, 0.1) is 12.2 Å². The van der Waals surface area contributed by atoms with Gasteiger partial charge < -0.3 is 10.2 Å². The first kappa shape index (κ1) is 23.4. The first-order valence-corrected chi connectivity index (χ1v) is 13.7. The molecule has 4 saturated carbocycles. The second kappa shape index (κ2) is 6.66. The van der Waals surface area contributed by atoms with Crippen molar-refractivity contribution in [3.05, 3.63) is 11.6 Å². The van der Waals surface area contributed by atoms with Gasteiger partial charge in [-0.1, -0.05) is 67.0 Å². The number of fused-ring (bicyclic) bond motifs is 7.